The van der Waals surface area contributed by atoms with Crippen molar-refractivity contribution in [3.63, 3.8) is 0 Å². The van der Waals surface area contributed by atoms with Gasteiger partial charge in [-0.15, -0.1) is 0 Å². The van der Waals surface area contributed by atoms with Crippen LogP contribution >= 0.6 is 22.6 Å². The Hall–Kier alpha value is -0.620. The molecule has 0 spiro atoms. The van der Waals surface area contributed by atoms with Gasteiger partial charge in [-0.05, 0) is 60.1 Å². The topological polar surface area (TPSA) is 30.7 Å². The Balaban J connectivity index is 1.74. The highest BCUT2D eigenvalue weighted by Gasteiger charge is 2.14. The molecule has 2 rings (SSSR count). The molecule has 0 saturated carbocycles. The van der Waals surface area contributed by atoms with Gasteiger partial charge in [0.1, 0.15) is 13.2 Å². The van der Waals surface area contributed by atoms with Crippen molar-refractivity contribution in [2.24, 2.45) is 0 Å². The lowest BCUT2D eigenvalue weighted by atomic mass is 10.1. The lowest BCUT2D eigenvalue weighted by Gasteiger charge is -2.23. The molecule has 1 aliphatic heterocycles. The Labute approximate surface area is 122 Å². The fraction of sp³-hybridized carbons (Fsp3) is 0.500. The van der Waals surface area contributed by atoms with E-state index in [1.165, 1.54) is 32.4 Å². The number of carbonyl (C=O) groups excluding carboxylic acids is 1. The van der Waals surface area contributed by atoms with Crippen molar-refractivity contribution in [3.8, 4) is 0 Å². The maximum Gasteiger partial charge on any atom is 0.338 e. The number of ether oxygens (including phenoxy) is 1. The first-order valence-corrected chi connectivity index (χ1v) is 7.60. The third-order valence-electron chi connectivity index (χ3n) is 3.31. The Morgan fingerprint density at radius 2 is 2.06 bits per heavy atom. The van der Waals surface area contributed by atoms with E-state index in [1.54, 1.807) is 11.0 Å². The Bertz CT molecular complexity index is 403. The van der Waals surface area contributed by atoms with Crippen LogP contribution in [0.5, 0.6) is 0 Å². The fourth-order valence-electron chi connectivity index (χ4n) is 2.29. The number of hydrogen-bond acceptors (Lipinski definition) is 2. The van der Waals surface area contributed by atoms with E-state index in [9.17, 15) is 4.79 Å². The van der Waals surface area contributed by atoms with Crippen LogP contribution in [-0.4, -0.2) is 32.2 Å². The van der Waals surface area contributed by atoms with Gasteiger partial charge in [0.25, 0.3) is 0 Å². The molecule has 1 N–H and O–H groups in total. The molecule has 0 atom stereocenters. The number of rotatable bonds is 4. The zero-order valence-corrected chi connectivity index (χ0v) is 12.6. The van der Waals surface area contributed by atoms with Crippen LogP contribution in [0.4, 0.5) is 0 Å². The van der Waals surface area contributed by atoms with E-state index >= 15 is 0 Å². The molecular weight excluding hydrogens is 341 g/mol. The summed E-state index contributed by atoms with van der Waals surface area (Å²) < 4.78 is 6.38. The van der Waals surface area contributed by atoms with Gasteiger partial charge in [0.2, 0.25) is 0 Å². The van der Waals surface area contributed by atoms with Crippen molar-refractivity contribution in [3.05, 3.63) is 33.4 Å². The third-order valence-corrected chi connectivity index (χ3v) is 3.98. The van der Waals surface area contributed by atoms with Gasteiger partial charge in [0.15, 0.2) is 0 Å². The summed E-state index contributed by atoms with van der Waals surface area (Å²) in [6, 6.07) is 7.51. The lowest BCUT2D eigenvalue weighted by Crippen LogP contribution is -3.13. The van der Waals surface area contributed by atoms with Crippen LogP contribution in [0.25, 0.3) is 0 Å². The zero-order chi connectivity index (χ0) is 12.8. The van der Waals surface area contributed by atoms with Crippen LogP contribution in [-0.2, 0) is 4.74 Å². The molecule has 0 unspecified atom stereocenters. The summed E-state index contributed by atoms with van der Waals surface area (Å²) in [5.74, 6) is -0.204. The van der Waals surface area contributed by atoms with E-state index in [0.29, 0.717) is 12.2 Å². The number of piperidine rings is 1. The molecule has 4 heteroatoms. The second-order valence-corrected chi connectivity index (χ2v) is 5.95. The maximum atomic E-state index is 11.8. The summed E-state index contributed by atoms with van der Waals surface area (Å²) in [5, 5.41) is 0. The second-order valence-electron chi connectivity index (χ2n) is 4.71. The minimum atomic E-state index is -0.204. The van der Waals surface area contributed by atoms with Gasteiger partial charge in [-0.1, -0.05) is 6.07 Å². The van der Waals surface area contributed by atoms with Crippen LogP contribution in [0.2, 0.25) is 0 Å². The molecule has 1 aromatic rings. The monoisotopic (exact) mass is 360 g/mol. The van der Waals surface area contributed by atoms with E-state index in [-0.39, 0.29) is 5.97 Å². The molecule has 0 amide bonds. The van der Waals surface area contributed by atoms with Crippen molar-refractivity contribution in [2.45, 2.75) is 19.3 Å². The molecule has 3 nitrogen and oxygen atoms in total. The molecule has 0 aliphatic carbocycles. The molecule has 1 fully saturated rings. The van der Waals surface area contributed by atoms with Gasteiger partial charge in [-0.2, -0.15) is 0 Å². The number of likely N-dealkylation sites (tertiary alicyclic amines) is 1. The quantitative estimate of drug-likeness (QED) is 0.652. The molecule has 18 heavy (non-hydrogen) atoms. The number of esters is 1. The third kappa shape index (κ3) is 4.24. The van der Waals surface area contributed by atoms with Crippen LogP contribution in [0.1, 0.15) is 29.6 Å². The predicted molar refractivity (Wildman–Crippen MR) is 78.9 cm³/mol. The molecule has 1 saturated heterocycles. The molecule has 1 heterocycles. The van der Waals surface area contributed by atoms with Gasteiger partial charge in [0.05, 0.1) is 18.7 Å². The van der Waals surface area contributed by atoms with Gasteiger partial charge in [-0.3, -0.25) is 0 Å². The predicted octanol–water partition coefficient (Wildman–Crippen LogP) is 1.52. The molecule has 0 aromatic heterocycles. The van der Waals surface area contributed by atoms with Crippen molar-refractivity contribution < 1.29 is 14.4 Å². The summed E-state index contributed by atoms with van der Waals surface area (Å²) in [6.07, 6.45) is 3.96. The Morgan fingerprint density at radius 1 is 1.28 bits per heavy atom. The average molecular weight is 360 g/mol. The molecule has 1 aliphatic rings. The average Bonchev–Trinajstić information content (AvgIpc) is 2.40. The summed E-state index contributed by atoms with van der Waals surface area (Å²) >= 11 is 2.20. The number of halogens is 1. The Kier molecular flexibility index (Phi) is 5.44. The van der Waals surface area contributed by atoms with Gasteiger partial charge in [0, 0.05) is 3.57 Å². The minimum absolute atomic E-state index is 0.204. The minimum Gasteiger partial charge on any atom is -0.456 e. The van der Waals surface area contributed by atoms with Crippen molar-refractivity contribution in [1.82, 2.24) is 0 Å². The van der Waals surface area contributed by atoms with Gasteiger partial charge in [-0.25, -0.2) is 4.79 Å². The summed E-state index contributed by atoms with van der Waals surface area (Å²) in [6.45, 7) is 3.91. The lowest BCUT2D eigenvalue weighted by molar-refractivity contribution is -0.905. The number of carbonyl (C=O) groups is 1. The van der Waals surface area contributed by atoms with E-state index in [0.717, 1.165) is 10.1 Å². The highest BCUT2D eigenvalue weighted by molar-refractivity contribution is 14.1. The van der Waals surface area contributed by atoms with Crippen LogP contribution in [0.3, 0.4) is 0 Å². The standard InChI is InChI=1S/C14H18INO2/c15-13-6-4-5-12(11-13)14(17)18-10-9-16-7-2-1-3-8-16/h4-6,11H,1-3,7-10H2/p+1. The smallest absolute Gasteiger partial charge is 0.338 e. The molecule has 0 radical (unpaired) electrons. The van der Waals surface area contributed by atoms with Crippen LogP contribution < -0.4 is 4.90 Å². The van der Waals surface area contributed by atoms with Crippen LogP contribution in [0.15, 0.2) is 24.3 Å². The molecule has 0 bridgehead atoms. The largest absolute Gasteiger partial charge is 0.456 e. The maximum absolute atomic E-state index is 11.8. The SMILES string of the molecule is O=C(OCC[NH+]1CCCCC1)c1cccc(I)c1. The normalized spacial score (nSPS) is 16.5. The molecule has 98 valence electrons. The summed E-state index contributed by atoms with van der Waals surface area (Å²) in [4.78, 5) is 13.4. The van der Waals surface area contributed by atoms with Gasteiger partial charge >= 0.3 is 5.97 Å². The Morgan fingerprint density at radius 3 is 2.78 bits per heavy atom. The van der Waals surface area contributed by atoms with E-state index in [2.05, 4.69) is 22.6 Å². The molecular formula is C14H19INO2+. The first kappa shape index (κ1) is 13.8. The van der Waals surface area contributed by atoms with Crippen LogP contribution in [0, 0.1) is 3.57 Å². The zero-order valence-electron chi connectivity index (χ0n) is 10.5. The van der Waals surface area contributed by atoms with Crippen molar-refractivity contribution >= 4 is 28.6 Å². The van der Waals surface area contributed by atoms with Crippen molar-refractivity contribution in [1.29, 1.82) is 0 Å². The summed E-state index contributed by atoms with van der Waals surface area (Å²) in [5.41, 5.74) is 0.649. The highest BCUT2D eigenvalue weighted by atomic mass is 127. The summed E-state index contributed by atoms with van der Waals surface area (Å²) in [7, 11) is 0. The second kappa shape index (κ2) is 7.09. The highest BCUT2D eigenvalue weighted by Crippen LogP contribution is 2.08. The number of nitrogens with one attached hydrogen (secondary N) is 1. The first-order valence-electron chi connectivity index (χ1n) is 6.52. The number of quaternary nitrogens is 1. The first-order chi connectivity index (χ1) is 8.75. The van der Waals surface area contributed by atoms with E-state index in [1.807, 2.05) is 18.2 Å². The van der Waals surface area contributed by atoms with Gasteiger partial charge < -0.3 is 9.64 Å². The fourth-order valence-corrected chi connectivity index (χ4v) is 2.83. The van der Waals surface area contributed by atoms with E-state index in [4.69, 9.17) is 4.74 Å². The molecule has 1 aromatic carbocycles. The van der Waals surface area contributed by atoms with E-state index < -0.39 is 0 Å². The number of benzene rings is 1. The number of hydrogen-bond donors (Lipinski definition) is 1. The van der Waals surface area contributed by atoms with Crippen molar-refractivity contribution in [2.75, 3.05) is 26.2 Å².